The minimum Gasteiger partial charge on any atom is -0.388 e. The maximum Gasteiger partial charge on any atom is 0.255 e. The molecule has 0 heterocycles. The van der Waals surface area contributed by atoms with Gasteiger partial charge in [0.25, 0.3) is 5.91 Å². The fraction of sp³-hybridized carbons (Fsp3) is 0.188. The Morgan fingerprint density at radius 3 is 2.38 bits per heavy atom. The maximum absolute atomic E-state index is 13.6. The molecular formula is C16H16BrFN2O. The third-order valence-corrected chi connectivity index (χ3v) is 3.88. The molecule has 0 saturated carbocycles. The second-order valence-corrected chi connectivity index (χ2v) is 5.67. The number of rotatable bonds is 3. The van der Waals surface area contributed by atoms with Gasteiger partial charge in [0.1, 0.15) is 5.82 Å². The number of carbonyl (C=O) groups is 1. The Hall–Kier alpha value is -1.88. The van der Waals surface area contributed by atoms with Crippen molar-refractivity contribution in [3.8, 4) is 0 Å². The lowest BCUT2D eigenvalue weighted by Crippen LogP contribution is -2.13. The summed E-state index contributed by atoms with van der Waals surface area (Å²) in [5.41, 5.74) is 3.74. The molecule has 3 nitrogen and oxygen atoms in total. The van der Waals surface area contributed by atoms with Crippen LogP contribution in [0.3, 0.4) is 0 Å². The number of hydrogen-bond acceptors (Lipinski definition) is 2. The van der Waals surface area contributed by atoms with Gasteiger partial charge in [0, 0.05) is 24.0 Å². The summed E-state index contributed by atoms with van der Waals surface area (Å²) in [4.78, 5) is 12.2. The van der Waals surface area contributed by atoms with Crippen LogP contribution in [0.1, 0.15) is 21.5 Å². The van der Waals surface area contributed by atoms with E-state index in [-0.39, 0.29) is 5.91 Å². The summed E-state index contributed by atoms with van der Waals surface area (Å²) >= 11 is 3.12. The Kier molecular flexibility index (Phi) is 4.63. The number of amides is 1. The van der Waals surface area contributed by atoms with Crippen LogP contribution in [0.4, 0.5) is 15.8 Å². The molecule has 0 radical (unpaired) electrons. The average molecular weight is 351 g/mol. The van der Waals surface area contributed by atoms with Crippen molar-refractivity contribution in [2.24, 2.45) is 0 Å². The van der Waals surface area contributed by atoms with E-state index in [2.05, 4.69) is 26.6 Å². The van der Waals surface area contributed by atoms with Crippen LogP contribution in [0.15, 0.2) is 34.8 Å². The zero-order chi connectivity index (χ0) is 15.6. The van der Waals surface area contributed by atoms with Gasteiger partial charge in [-0.25, -0.2) is 4.39 Å². The van der Waals surface area contributed by atoms with E-state index in [1.807, 2.05) is 27.0 Å². The zero-order valence-corrected chi connectivity index (χ0v) is 13.6. The molecule has 2 rings (SSSR count). The predicted octanol–water partition coefficient (Wildman–Crippen LogP) is 4.50. The highest BCUT2D eigenvalue weighted by Crippen LogP contribution is 2.25. The fourth-order valence-electron chi connectivity index (χ4n) is 2.06. The summed E-state index contributed by atoms with van der Waals surface area (Å²) in [6.07, 6.45) is 0. The number of aryl methyl sites for hydroxylation is 2. The molecule has 0 saturated heterocycles. The number of carbonyl (C=O) groups excluding carboxylic acids is 1. The van der Waals surface area contributed by atoms with Crippen molar-refractivity contribution >= 4 is 33.2 Å². The molecular weight excluding hydrogens is 335 g/mol. The Balaban J connectivity index is 2.26. The topological polar surface area (TPSA) is 41.1 Å². The van der Waals surface area contributed by atoms with Gasteiger partial charge < -0.3 is 10.6 Å². The first kappa shape index (κ1) is 15.5. The highest BCUT2D eigenvalue weighted by atomic mass is 79.9. The summed E-state index contributed by atoms with van der Waals surface area (Å²) in [7, 11) is 1.83. The molecule has 5 heteroatoms. The van der Waals surface area contributed by atoms with Crippen LogP contribution >= 0.6 is 15.9 Å². The number of hydrogen-bond donors (Lipinski definition) is 2. The number of nitrogens with one attached hydrogen (secondary N) is 2. The quantitative estimate of drug-likeness (QED) is 0.855. The van der Waals surface area contributed by atoms with Gasteiger partial charge in [0.15, 0.2) is 0 Å². The Morgan fingerprint density at radius 1 is 1.10 bits per heavy atom. The summed E-state index contributed by atoms with van der Waals surface area (Å²) in [6.45, 7) is 3.74. The lowest BCUT2D eigenvalue weighted by Gasteiger charge is -2.11. The van der Waals surface area contributed by atoms with Crippen LogP contribution in [-0.2, 0) is 0 Å². The summed E-state index contributed by atoms with van der Waals surface area (Å²) in [5.74, 6) is -0.664. The van der Waals surface area contributed by atoms with Crippen LogP contribution in [-0.4, -0.2) is 13.0 Å². The highest BCUT2D eigenvalue weighted by Gasteiger charge is 2.11. The van der Waals surface area contributed by atoms with Gasteiger partial charge in [0.05, 0.1) is 4.47 Å². The van der Waals surface area contributed by atoms with E-state index in [0.717, 1.165) is 16.8 Å². The third-order valence-electron chi connectivity index (χ3n) is 3.27. The van der Waals surface area contributed by atoms with Gasteiger partial charge in [-0.3, -0.25) is 4.79 Å². The van der Waals surface area contributed by atoms with Crippen molar-refractivity contribution in [1.82, 2.24) is 0 Å². The number of benzene rings is 2. The van der Waals surface area contributed by atoms with E-state index in [0.29, 0.717) is 15.7 Å². The first-order valence-electron chi connectivity index (χ1n) is 6.47. The average Bonchev–Trinajstić information content (AvgIpc) is 2.44. The molecule has 0 aromatic heterocycles. The molecule has 0 atom stereocenters. The minimum atomic E-state index is -0.405. The van der Waals surface area contributed by atoms with Crippen molar-refractivity contribution in [2.45, 2.75) is 13.8 Å². The van der Waals surface area contributed by atoms with Crippen LogP contribution in [0.25, 0.3) is 0 Å². The molecule has 21 heavy (non-hydrogen) atoms. The summed E-state index contributed by atoms with van der Waals surface area (Å²) < 4.78 is 14.0. The van der Waals surface area contributed by atoms with Gasteiger partial charge in [-0.05, 0) is 71.2 Å². The molecule has 0 aliphatic carbocycles. The fourth-order valence-corrected chi connectivity index (χ4v) is 2.52. The van der Waals surface area contributed by atoms with Crippen molar-refractivity contribution < 1.29 is 9.18 Å². The Labute approximate surface area is 131 Å². The number of halogens is 2. The lowest BCUT2D eigenvalue weighted by molar-refractivity contribution is 0.102. The van der Waals surface area contributed by atoms with Gasteiger partial charge >= 0.3 is 0 Å². The first-order chi connectivity index (χ1) is 9.92. The molecule has 0 aliphatic rings. The SMILES string of the molecule is CNc1ccc(C(=O)Nc2cc(F)c(Br)cc2C)cc1C. The van der Waals surface area contributed by atoms with Crippen LogP contribution < -0.4 is 10.6 Å². The van der Waals surface area contributed by atoms with E-state index in [1.165, 1.54) is 6.07 Å². The maximum atomic E-state index is 13.6. The van der Waals surface area contributed by atoms with Crippen molar-refractivity contribution in [1.29, 1.82) is 0 Å². The van der Waals surface area contributed by atoms with Gasteiger partial charge in [0.2, 0.25) is 0 Å². The molecule has 1 amide bonds. The molecule has 2 aromatic rings. The Morgan fingerprint density at radius 2 is 1.76 bits per heavy atom. The molecule has 0 aliphatic heterocycles. The third kappa shape index (κ3) is 3.42. The highest BCUT2D eigenvalue weighted by molar-refractivity contribution is 9.10. The predicted molar refractivity (Wildman–Crippen MR) is 87.5 cm³/mol. The molecule has 0 fully saturated rings. The molecule has 2 N–H and O–H groups in total. The lowest BCUT2D eigenvalue weighted by atomic mass is 10.1. The number of anilines is 2. The molecule has 0 bridgehead atoms. The van der Waals surface area contributed by atoms with Crippen molar-refractivity contribution in [2.75, 3.05) is 17.7 Å². The molecule has 2 aromatic carbocycles. The van der Waals surface area contributed by atoms with Crippen LogP contribution in [0, 0.1) is 19.7 Å². The summed E-state index contributed by atoms with van der Waals surface area (Å²) in [5, 5.41) is 5.79. The zero-order valence-electron chi connectivity index (χ0n) is 12.1. The van der Waals surface area contributed by atoms with Crippen LogP contribution in [0.2, 0.25) is 0 Å². The van der Waals surface area contributed by atoms with Gasteiger partial charge in [-0.2, -0.15) is 0 Å². The smallest absolute Gasteiger partial charge is 0.255 e. The first-order valence-corrected chi connectivity index (χ1v) is 7.27. The second kappa shape index (κ2) is 6.26. The van der Waals surface area contributed by atoms with E-state index in [9.17, 15) is 9.18 Å². The second-order valence-electron chi connectivity index (χ2n) is 4.82. The normalized spacial score (nSPS) is 10.3. The van der Waals surface area contributed by atoms with Gasteiger partial charge in [-0.1, -0.05) is 0 Å². The largest absolute Gasteiger partial charge is 0.388 e. The molecule has 0 unspecified atom stereocenters. The minimum absolute atomic E-state index is 0.259. The van der Waals surface area contributed by atoms with E-state index < -0.39 is 5.82 Å². The molecule has 0 spiro atoms. The van der Waals surface area contributed by atoms with E-state index in [4.69, 9.17) is 0 Å². The standard InChI is InChI=1S/C16H16BrFN2O/c1-9-6-11(4-5-14(9)19-3)16(21)20-15-8-13(18)12(17)7-10(15)2/h4-8,19H,1-3H3,(H,20,21). The van der Waals surface area contributed by atoms with E-state index in [1.54, 1.807) is 18.2 Å². The van der Waals surface area contributed by atoms with Crippen molar-refractivity contribution in [3.05, 3.63) is 57.3 Å². The van der Waals surface area contributed by atoms with Gasteiger partial charge in [-0.15, -0.1) is 0 Å². The van der Waals surface area contributed by atoms with E-state index >= 15 is 0 Å². The van der Waals surface area contributed by atoms with Crippen LogP contribution in [0.5, 0.6) is 0 Å². The van der Waals surface area contributed by atoms with Crippen molar-refractivity contribution in [3.63, 3.8) is 0 Å². The molecule has 110 valence electrons. The summed E-state index contributed by atoms with van der Waals surface area (Å²) in [6, 6.07) is 8.33. The monoisotopic (exact) mass is 350 g/mol. The Bertz CT molecular complexity index is 701.